The number of hydrogen-bond donors (Lipinski definition) is 5. The summed E-state index contributed by atoms with van der Waals surface area (Å²) in [5.74, 6) is 1.30. The number of nitrogen functional groups attached to an aromatic ring is 1. The van der Waals surface area contributed by atoms with Gasteiger partial charge in [-0.25, -0.2) is 4.79 Å². The number of aromatic amines is 1. The van der Waals surface area contributed by atoms with E-state index >= 15 is 0 Å². The molecule has 2 aliphatic heterocycles. The lowest BCUT2D eigenvalue weighted by Gasteiger charge is -2.27. The van der Waals surface area contributed by atoms with Gasteiger partial charge in [0, 0.05) is 6.54 Å². The van der Waals surface area contributed by atoms with Crippen LogP contribution in [0.2, 0.25) is 0 Å². The number of H-pyrrole nitrogens is 1. The largest absolute Gasteiger partial charge is 0.394 e. The summed E-state index contributed by atoms with van der Waals surface area (Å²) < 4.78 is 5.44. The Hall–Kier alpha value is -2.69. The van der Waals surface area contributed by atoms with E-state index in [4.69, 9.17) is 10.5 Å². The van der Waals surface area contributed by atoms with Crippen LogP contribution in [0.4, 0.5) is 17.5 Å². The molecular formula is C14H17N5O6. The van der Waals surface area contributed by atoms with Crippen molar-refractivity contribution in [3.8, 4) is 0 Å². The normalized spacial score (nSPS) is 28.2. The summed E-state index contributed by atoms with van der Waals surface area (Å²) in [6.45, 7) is 3.11. The first kappa shape index (κ1) is 17.1. The van der Waals surface area contributed by atoms with Crippen LogP contribution in [0.15, 0.2) is 23.3 Å². The number of hydrogen-bond acceptors (Lipinski definition) is 10. The van der Waals surface area contributed by atoms with Crippen molar-refractivity contribution in [2.24, 2.45) is 0 Å². The lowest BCUT2D eigenvalue weighted by Crippen LogP contribution is -2.45. The summed E-state index contributed by atoms with van der Waals surface area (Å²) in [6, 6.07) is 0. The van der Waals surface area contributed by atoms with Crippen LogP contribution >= 0.6 is 0 Å². The van der Waals surface area contributed by atoms with Crippen molar-refractivity contribution in [1.82, 2.24) is 9.97 Å². The third-order valence-corrected chi connectivity index (χ3v) is 4.05. The summed E-state index contributed by atoms with van der Waals surface area (Å²) in [5, 5.41) is 29.5. The van der Waals surface area contributed by atoms with Crippen molar-refractivity contribution in [1.29, 1.82) is 0 Å². The molecule has 1 fully saturated rings. The number of rotatable bonds is 4. The Kier molecular flexibility index (Phi) is 4.33. The zero-order chi connectivity index (χ0) is 18.3. The second-order valence-electron chi connectivity index (χ2n) is 5.55. The van der Waals surface area contributed by atoms with E-state index in [2.05, 4.69) is 16.5 Å². The molecule has 0 aromatic carbocycles. The maximum Gasteiger partial charge on any atom is 0.278 e. The average Bonchev–Trinajstić information content (AvgIpc) is 3.03. The Labute approximate surface area is 141 Å². The van der Waals surface area contributed by atoms with Crippen LogP contribution in [0, 0.1) is 0 Å². The summed E-state index contributed by atoms with van der Waals surface area (Å²) in [4.78, 5) is 32.6. The number of nitrogens with zero attached hydrogens (tertiary/aromatic N) is 3. The van der Waals surface area contributed by atoms with Gasteiger partial charge in [-0.05, 0) is 0 Å². The molecule has 2 aliphatic rings. The van der Waals surface area contributed by atoms with Gasteiger partial charge in [-0.15, -0.1) is 6.58 Å². The van der Waals surface area contributed by atoms with Gasteiger partial charge in [0.25, 0.3) is 5.56 Å². The van der Waals surface area contributed by atoms with E-state index in [1.807, 2.05) is 0 Å². The minimum atomic E-state index is -1.47. The Bertz CT molecular complexity index is 803. The molecule has 3 heterocycles. The molecular weight excluding hydrogens is 334 g/mol. The molecule has 0 spiro atoms. The van der Waals surface area contributed by atoms with Gasteiger partial charge in [-0.3, -0.25) is 14.7 Å². The van der Waals surface area contributed by atoms with Gasteiger partial charge in [-0.2, -0.15) is 4.98 Å². The second kappa shape index (κ2) is 6.31. The molecule has 0 amide bonds. The molecule has 1 aromatic heterocycles. The fourth-order valence-corrected chi connectivity index (χ4v) is 2.97. The molecule has 0 radical (unpaired) electrons. The number of nitrogens with two attached hydrogens (primary N) is 1. The van der Waals surface area contributed by atoms with E-state index in [9.17, 15) is 24.9 Å². The highest BCUT2D eigenvalue weighted by molar-refractivity contribution is 5.85. The molecule has 25 heavy (non-hydrogen) atoms. The van der Waals surface area contributed by atoms with Crippen molar-refractivity contribution in [3.05, 3.63) is 28.8 Å². The summed E-state index contributed by atoms with van der Waals surface area (Å²) in [7, 11) is 0. The number of fused-ring (bicyclic) bond motifs is 1. The number of ether oxygens (including phenoxy) is 1. The van der Waals surface area contributed by atoms with Crippen LogP contribution in [0.5, 0.6) is 0 Å². The molecule has 11 nitrogen and oxygen atoms in total. The van der Waals surface area contributed by atoms with Gasteiger partial charge in [0.15, 0.2) is 23.7 Å². The quantitative estimate of drug-likeness (QED) is 0.284. The summed E-state index contributed by atoms with van der Waals surface area (Å²) >= 11 is 0. The molecule has 1 saturated heterocycles. The van der Waals surface area contributed by atoms with Crippen LogP contribution < -0.4 is 21.1 Å². The standard InChI is InChI=1S/C14H17N5O6/c1-2-3-18-7(5-21)19(11-8(18)12(24)17-14(15)16-11)13-10(23)9(22)6(4-20)25-13/h2,6,9-10,13,20,22-23H,1,3-4H2,(H3,15,16,17,24)/t6-,9-,10-,13-/m1/s1. The van der Waals surface area contributed by atoms with E-state index in [1.165, 1.54) is 11.0 Å². The van der Waals surface area contributed by atoms with Crippen LogP contribution in [0.1, 0.15) is 0 Å². The van der Waals surface area contributed by atoms with E-state index < -0.39 is 36.7 Å². The third kappa shape index (κ3) is 2.51. The van der Waals surface area contributed by atoms with Crippen molar-refractivity contribution < 1.29 is 24.9 Å². The van der Waals surface area contributed by atoms with Crippen LogP contribution in [0.25, 0.3) is 0 Å². The van der Waals surface area contributed by atoms with Gasteiger partial charge in [-0.1, -0.05) is 6.08 Å². The van der Waals surface area contributed by atoms with Crippen molar-refractivity contribution in [2.75, 3.05) is 28.7 Å². The smallest absolute Gasteiger partial charge is 0.278 e. The first-order valence-electron chi connectivity index (χ1n) is 7.39. The average molecular weight is 351 g/mol. The fourth-order valence-electron chi connectivity index (χ4n) is 2.97. The minimum absolute atomic E-state index is 0.00480. The Balaban J connectivity index is 2.16. The zero-order valence-electron chi connectivity index (χ0n) is 13.0. The van der Waals surface area contributed by atoms with Gasteiger partial charge in [0.2, 0.25) is 11.8 Å². The van der Waals surface area contributed by atoms with Crippen molar-refractivity contribution in [2.45, 2.75) is 24.5 Å². The Morgan fingerprint density at radius 3 is 2.72 bits per heavy atom. The second-order valence-corrected chi connectivity index (χ2v) is 5.55. The molecule has 0 unspecified atom stereocenters. The molecule has 0 saturated carbocycles. The van der Waals surface area contributed by atoms with E-state index in [1.54, 1.807) is 5.94 Å². The number of anilines is 3. The Morgan fingerprint density at radius 2 is 2.16 bits per heavy atom. The highest BCUT2D eigenvalue weighted by Gasteiger charge is 2.51. The van der Waals surface area contributed by atoms with Gasteiger partial charge in [0.05, 0.1) is 6.61 Å². The van der Waals surface area contributed by atoms with Gasteiger partial charge >= 0.3 is 0 Å². The minimum Gasteiger partial charge on any atom is -0.394 e. The monoisotopic (exact) mass is 351 g/mol. The number of aliphatic hydroxyl groups is 3. The highest BCUT2D eigenvalue weighted by atomic mass is 16.6. The third-order valence-electron chi connectivity index (χ3n) is 4.05. The Morgan fingerprint density at radius 1 is 1.44 bits per heavy atom. The van der Waals surface area contributed by atoms with Crippen LogP contribution in [-0.2, 0) is 9.53 Å². The molecule has 134 valence electrons. The summed E-state index contributed by atoms with van der Waals surface area (Å²) in [5.41, 5.74) is 4.98. The maximum absolute atomic E-state index is 12.3. The number of aliphatic hydroxyl groups excluding tert-OH is 3. The first-order valence-corrected chi connectivity index (χ1v) is 7.39. The lowest BCUT2D eigenvalue weighted by atomic mass is 10.1. The van der Waals surface area contributed by atoms with Crippen molar-refractivity contribution >= 4 is 23.4 Å². The van der Waals surface area contributed by atoms with Gasteiger partial charge < -0.3 is 30.7 Å². The molecule has 3 rings (SSSR count). The molecule has 0 bridgehead atoms. The number of carbonyl (C=O) groups excluding carboxylic acids is 1. The van der Waals surface area contributed by atoms with E-state index in [-0.39, 0.29) is 29.8 Å². The highest BCUT2D eigenvalue weighted by Crippen LogP contribution is 2.41. The maximum atomic E-state index is 12.3. The van der Waals surface area contributed by atoms with Crippen molar-refractivity contribution in [3.63, 3.8) is 0 Å². The predicted octanol–water partition coefficient (Wildman–Crippen LogP) is -2.72. The SMILES string of the molecule is C=CCN1C(=C=O)N([C@@H]2O[C@H](CO)[C@@H](O)[C@H]2O)c2nc(N)[nH]c(=O)c21. The van der Waals surface area contributed by atoms with Gasteiger partial charge in [0.1, 0.15) is 18.3 Å². The lowest BCUT2D eigenvalue weighted by molar-refractivity contribution is -0.0207. The van der Waals surface area contributed by atoms with Crippen LogP contribution in [-0.4, -0.2) is 68.9 Å². The van der Waals surface area contributed by atoms with Crippen LogP contribution in [0.3, 0.4) is 0 Å². The number of aromatic nitrogens is 2. The predicted molar refractivity (Wildman–Crippen MR) is 86.3 cm³/mol. The molecule has 1 aromatic rings. The zero-order valence-corrected chi connectivity index (χ0v) is 13.0. The number of nitrogens with one attached hydrogen (secondary N) is 1. The molecule has 4 atom stereocenters. The van der Waals surface area contributed by atoms with E-state index in [0.29, 0.717) is 0 Å². The molecule has 0 aliphatic carbocycles. The van der Waals surface area contributed by atoms with E-state index in [0.717, 1.165) is 4.90 Å². The molecule has 11 heteroatoms. The topological polar surface area (TPSA) is 165 Å². The first-order chi connectivity index (χ1) is 11.9. The summed E-state index contributed by atoms with van der Waals surface area (Å²) in [6.07, 6.45) is -3.74. The fraction of sp³-hybridized carbons (Fsp3) is 0.429. The molecule has 6 N–H and O–H groups in total.